The molecule has 0 unspecified atom stereocenters. The van der Waals surface area contributed by atoms with Gasteiger partial charge in [0.1, 0.15) is 0 Å². The predicted molar refractivity (Wildman–Crippen MR) is 92.6 cm³/mol. The molecular formula is C16H18N2S2. The molecule has 0 heterocycles. The zero-order valence-electron chi connectivity index (χ0n) is 11.4. The summed E-state index contributed by atoms with van der Waals surface area (Å²) in [6.07, 6.45) is 0. The maximum Gasteiger partial charge on any atom is 0.170 e. The highest BCUT2D eigenvalue weighted by Gasteiger charge is 1.98. The van der Waals surface area contributed by atoms with Crippen LogP contribution in [0.5, 0.6) is 0 Å². The molecular weight excluding hydrogens is 284 g/mol. The number of thiocarbonyl (C=S) groups is 1. The predicted octanol–water partition coefficient (Wildman–Crippen LogP) is 4.07. The molecule has 0 atom stereocenters. The van der Waals surface area contributed by atoms with Gasteiger partial charge in [0.2, 0.25) is 0 Å². The van der Waals surface area contributed by atoms with Crippen molar-refractivity contribution < 1.29 is 0 Å². The lowest BCUT2D eigenvalue weighted by Gasteiger charge is -2.10. The largest absolute Gasteiger partial charge is 0.362 e. The highest BCUT2D eigenvalue weighted by atomic mass is 32.2. The van der Waals surface area contributed by atoms with E-state index in [1.165, 1.54) is 10.5 Å². The Balaban J connectivity index is 1.68. The van der Waals surface area contributed by atoms with Crippen LogP contribution in [0.2, 0.25) is 0 Å². The van der Waals surface area contributed by atoms with Gasteiger partial charge in [-0.05, 0) is 49.0 Å². The zero-order valence-corrected chi connectivity index (χ0v) is 13.1. The van der Waals surface area contributed by atoms with Crippen LogP contribution in [0.15, 0.2) is 59.5 Å². The zero-order chi connectivity index (χ0) is 14.2. The van der Waals surface area contributed by atoms with Gasteiger partial charge < -0.3 is 10.6 Å². The molecule has 2 aromatic carbocycles. The fourth-order valence-corrected chi connectivity index (χ4v) is 2.76. The molecule has 0 bridgehead atoms. The Hall–Kier alpha value is -1.52. The normalized spacial score (nSPS) is 10.1. The molecule has 0 saturated heterocycles. The molecule has 0 fully saturated rings. The number of nitrogens with one attached hydrogen (secondary N) is 2. The Morgan fingerprint density at radius 2 is 1.90 bits per heavy atom. The van der Waals surface area contributed by atoms with Crippen LogP contribution in [0.25, 0.3) is 0 Å². The van der Waals surface area contributed by atoms with Crippen molar-refractivity contribution in [3.63, 3.8) is 0 Å². The third kappa shape index (κ3) is 5.23. The fraction of sp³-hybridized carbons (Fsp3) is 0.188. The smallest absolute Gasteiger partial charge is 0.170 e. The minimum Gasteiger partial charge on any atom is -0.362 e. The van der Waals surface area contributed by atoms with Crippen LogP contribution >= 0.6 is 24.0 Å². The van der Waals surface area contributed by atoms with Gasteiger partial charge in [0, 0.05) is 22.9 Å². The highest BCUT2D eigenvalue weighted by Crippen LogP contribution is 2.15. The second-order valence-corrected chi connectivity index (χ2v) is 5.99. The summed E-state index contributed by atoms with van der Waals surface area (Å²) in [6, 6.07) is 18.6. The van der Waals surface area contributed by atoms with E-state index >= 15 is 0 Å². The monoisotopic (exact) mass is 302 g/mol. The van der Waals surface area contributed by atoms with Crippen LogP contribution in [0.1, 0.15) is 5.56 Å². The van der Waals surface area contributed by atoms with Crippen LogP contribution in [-0.4, -0.2) is 17.4 Å². The van der Waals surface area contributed by atoms with Crippen molar-refractivity contribution in [1.29, 1.82) is 0 Å². The molecule has 0 amide bonds. The van der Waals surface area contributed by atoms with Crippen LogP contribution in [0.3, 0.4) is 0 Å². The summed E-state index contributed by atoms with van der Waals surface area (Å²) in [4.78, 5) is 1.28. The minimum atomic E-state index is 0.671. The number of thioether (sulfide) groups is 1. The van der Waals surface area contributed by atoms with Gasteiger partial charge in [-0.3, -0.25) is 0 Å². The molecule has 4 heteroatoms. The first kappa shape index (κ1) is 14.9. The average molecular weight is 302 g/mol. The SMILES string of the molecule is Cc1cccc(NC(=S)NCCSc2ccccc2)c1. The molecule has 0 aromatic heterocycles. The number of hydrogen-bond donors (Lipinski definition) is 2. The standard InChI is InChI=1S/C16H18N2S2/c1-13-6-5-7-14(12-13)18-16(19)17-10-11-20-15-8-3-2-4-9-15/h2-9,12H,10-11H2,1H3,(H2,17,18,19). The van der Waals surface area contributed by atoms with Gasteiger partial charge in [-0.25, -0.2) is 0 Å². The summed E-state index contributed by atoms with van der Waals surface area (Å²) in [5.74, 6) is 0.986. The summed E-state index contributed by atoms with van der Waals surface area (Å²) in [5.41, 5.74) is 2.25. The Bertz CT molecular complexity index is 555. The van der Waals surface area contributed by atoms with E-state index in [-0.39, 0.29) is 0 Å². The molecule has 0 spiro atoms. The van der Waals surface area contributed by atoms with Gasteiger partial charge in [0.25, 0.3) is 0 Å². The lowest BCUT2D eigenvalue weighted by molar-refractivity contribution is 0.990. The van der Waals surface area contributed by atoms with Gasteiger partial charge in [-0.2, -0.15) is 0 Å². The minimum absolute atomic E-state index is 0.671. The van der Waals surface area contributed by atoms with E-state index in [1.807, 2.05) is 30.0 Å². The maximum absolute atomic E-state index is 5.28. The van der Waals surface area contributed by atoms with E-state index in [0.717, 1.165) is 18.0 Å². The van der Waals surface area contributed by atoms with Crippen LogP contribution < -0.4 is 10.6 Å². The number of aryl methyl sites for hydroxylation is 1. The number of hydrogen-bond acceptors (Lipinski definition) is 2. The molecule has 0 aliphatic carbocycles. The van der Waals surface area contributed by atoms with Gasteiger partial charge in [-0.15, -0.1) is 11.8 Å². The summed E-state index contributed by atoms with van der Waals surface area (Å²) in [7, 11) is 0. The molecule has 0 aliphatic rings. The Morgan fingerprint density at radius 3 is 2.65 bits per heavy atom. The first-order valence-electron chi connectivity index (χ1n) is 6.53. The van der Waals surface area contributed by atoms with Gasteiger partial charge >= 0.3 is 0 Å². The topological polar surface area (TPSA) is 24.1 Å². The third-order valence-electron chi connectivity index (χ3n) is 2.68. The van der Waals surface area contributed by atoms with Crippen molar-refractivity contribution in [1.82, 2.24) is 5.32 Å². The number of anilines is 1. The van der Waals surface area contributed by atoms with Gasteiger partial charge in [0.05, 0.1) is 0 Å². The first-order valence-corrected chi connectivity index (χ1v) is 7.93. The second-order valence-electron chi connectivity index (χ2n) is 4.41. The van der Waals surface area contributed by atoms with E-state index in [1.54, 1.807) is 0 Å². The Kier molecular flexibility index (Phi) is 5.89. The number of benzene rings is 2. The fourth-order valence-electron chi connectivity index (χ4n) is 1.75. The van der Waals surface area contributed by atoms with E-state index in [0.29, 0.717) is 5.11 Å². The Morgan fingerprint density at radius 1 is 1.10 bits per heavy atom. The van der Waals surface area contributed by atoms with Crippen molar-refractivity contribution >= 4 is 34.8 Å². The van der Waals surface area contributed by atoms with Crippen molar-refractivity contribution in [2.24, 2.45) is 0 Å². The molecule has 0 saturated carbocycles. The highest BCUT2D eigenvalue weighted by molar-refractivity contribution is 7.99. The third-order valence-corrected chi connectivity index (χ3v) is 3.94. The van der Waals surface area contributed by atoms with Crippen LogP contribution in [0, 0.1) is 6.92 Å². The second kappa shape index (κ2) is 7.92. The van der Waals surface area contributed by atoms with Crippen LogP contribution in [-0.2, 0) is 0 Å². The Labute approximate surface area is 130 Å². The first-order chi connectivity index (χ1) is 9.74. The summed E-state index contributed by atoms with van der Waals surface area (Å²) < 4.78 is 0. The van der Waals surface area contributed by atoms with Crippen molar-refractivity contribution in [3.8, 4) is 0 Å². The molecule has 20 heavy (non-hydrogen) atoms. The number of rotatable bonds is 5. The van der Waals surface area contributed by atoms with E-state index in [2.05, 4.69) is 54.0 Å². The summed E-state index contributed by atoms with van der Waals surface area (Å²) >= 11 is 7.10. The van der Waals surface area contributed by atoms with Crippen molar-refractivity contribution in [3.05, 3.63) is 60.2 Å². The molecule has 104 valence electrons. The molecule has 2 nitrogen and oxygen atoms in total. The van der Waals surface area contributed by atoms with Crippen molar-refractivity contribution in [2.75, 3.05) is 17.6 Å². The summed E-state index contributed by atoms with van der Waals surface area (Å²) in [5, 5.41) is 7.08. The average Bonchev–Trinajstić information content (AvgIpc) is 2.45. The molecule has 2 aromatic rings. The van der Waals surface area contributed by atoms with E-state index < -0.39 is 0 Å². The van der Waals surface area contributed by atoms with Crippen molar-refractivity contribution in [2.45, 2.75) is 11.8 Å². The molecule has 2 rings (SSSR count). The van der Waals surface area contributed by atoms with Gasteiger partial charge in [0.15, 0.2) is 5.11 Å². The molecule has 0 radical (unpaired) electrons. The lowest BCUT2D eigenvalue weighted by atomic mass is 10.2. The lowest BCUT2D eigenvalue weighted by Crippen LogP contribution is -2.30. The maximum atomic E-state index is 5.28. The summed E-state index contributed by atoms with van der Waals surface area (Å²) in [6.45, 7) is 2.91. The van der Waals surface area contributed by atoms with E-state index in [4.69, 9.17) is 12.2 Å². The van der Waals surface area contributed by atoms with Gasteiger partial charge in [-0.1, -0.05) is 30.3 Å². The van der Waals surface area contributed by atoms with E-state index in [9.17, 15) is 0 Å². The molecule has 0 aliphatic heterocycles. The molecule has 2 N–H and O–H groups in total. The van der Waals surface area contributed by atoms with Crippen LogP contribution in [0.4, 0.5) is 5.69 Å². The quantitative estimate of drug-likeness (QED) is 0.494.